The Morgan fingerprint density at radius 2 is 1.96 bits per heavy atom. The number of rotatable bonds is 4. The van der Waals surface area contributed by atoms with Gasteiger partial charge in [-0.15, -0.1) is 0 Å². The van der Waals surface area contributed by atoms with Crippen LogP contribution in [-0.4, -0.2) is 41.2 Å². The molecule has 1 aliphatic carbocycles. The number of fused-ring (bicyclic) bond motifs is 1. The Hall–Kier alpha value is -1.23. The van der Waals surface area contributed by atoms with Crippen LogP contribution in [0.3, 0.4) is 0 Å². The van der Waals surface area contributed by atoms with Gasteiger partial charge < -0.3 is 15.2 Å². The number of anilines is 1. The molecule has 2 aliphatic heterocycles. The lowest BCUT2D eigenvalue weighted by Gasteiger charge is -2.32. The molecular weight excluding hydrogens is 344 g/mol. The van der Waals surface area contributed by atoms with Gasteiger partial charge in [0, 0.05) is 41.8 Å². The molecule has 3 fully saturated rings. The topological polar surface area (TPSA) is 32.2 Å². The van der Waals surface area contributed by atoms with E-state index < -0.39 is 0 Å². The molecule has 140 valence electrons. The van der Waals surface area contributed by atoms with Gasteiger partial charge >= 0.3 is 0 Å². The van der Waals surface area contributed by atoms with Gasteiger partial charge in [-0.2, -0.15) is 0 Å². The van der Waals surface area contributed by atoms with Gasteiger partial charge in [0.25, 0.3) is 0 Å². The lowest BCUT2D eigenvalue weighted by molar-refractivity contribution is 0.145. The van der Waals surface area contributed by atoms with E-state index in [0.29, 0.717) is 18.2 Å². The van der Waals surface area contributed by atoms with Crippen molar-refractivity contribution in [2.24, 2.45) is 0 Å². The first-order valence-electron chi connectivity index (χ1n) is 10.3. The van der Waals surface area contributed by atoms with Crippen LogP contribution in [0.1, 0.15) is 51.1 Å². The van der Waals surface area contributed by atoms with E-state index in [-0.39, 0.29) is 0 Å². The van der Waals surface area contributed by atoms with E-state index in [0.717, 1.165) is 18.1 Å². The van der Waals surface area contributed by atoms with Crippen molar-refractivity contribution < 1.29 is 0 Å². The summed E-state index contributed by atoms with van der Waals surface area (Å²) >= 11 is 6.44. The van der Waals surface area contributed by atoms with Crippen molar-refractivity contribution in [3.8, 4) is 0 Å². The number of nitrogens with zero attached hydrogens (tertiary/aromatic N) is 2. The molecule has 5 rings (SSSR count). The molecular formula is C21H29ClN4. The number of likely N-dealkylation sites (tertiary alicyclic amines) is 1. The fourth-order valence-corrected chi connectivity index (χ4v) is 5.56. The summed E-state index contributed by atoms with van der Waals surface area (Å²) in [7, 11) is 0. The van der Waals surface area contributed by atoms with E-state index in [1.807, 2.05) is 0 Å². The molecule has 2 N–H and O–H groups in total. The van der Waals surface area contributed by atoms with Crippen molar-refractivity contribution in [2.45, 2.75) is 63.2 Å². The molecule has 2 aromatic rings. The molecule has 0 amide bonds. The molecule has 1 unspecified atom stereocenters. The van der Waals surface area contributed by atoms with Crippen LogP contribution in [0.4, 0.5) is 5.69 Å². The smallest absolute Gasteiger partial charge is 0.0868 e. The highest BCUT2D eigenvalue weighted by atomic mass is 35.5. The van der Waals surface area contributed by atoms with E-state index in [4.69, 9.17) is 11.6 Å². The maximum atomic E-state index is 6.44. The summed E-state index contributed by atoms with van der Waals surface area (Å²) in [4.78, 5) is 2.73. The first-order valence-corrected chi connectivity index (χ1v) is 10.7. The van der Waals surface area contributed by atoms with Crippen LogP contribution in [0.2, 0.25) is 5.02 Å². The lowest BCUT2D eigenvalue weighted by Crippen LogP contribution is -2.38. The maximum absolute atomic E-state index is 6.44. The standard InChI is InChI=1S/C21H29ClN4/c22-16-12-15-8-11-26(20-6-3-10-25(20)18-7-9-23-14-18)21(15)19(13-16)24-17-4-1-2-5-17/h8,11-13,17-18,20,23-24H,1-7,9-10,14H2/t18?,20-/m0/s1. The predicted molar refractivity (Wildman–Crippen MR) is 109 cm³/mol. The molecule has 0 spiro atoms. The monoisotopic (exact) mass is 372 g/mol. The highest BCUT2D eigenvalue weighted by Crippen LogP contribution is 2.38. The largest absolute Gasteiger partial charge is 0.381 e. The number of halogens is 1. The van der Waals surface area contributed by atoms with Gasteiger partial charge in [0.2, 0.25) is 0 Å². The van der Waals surface area contributed by atoms with Crippen LogP contribution in [0.5, 0.6) is 0 Å². The highest BCUT2D eigenvalue weighted by Gasteiger charge is 2.34. The molecule has 5 heteroatoms. The van der Waals surface area contributed by atoms with Crippen molar-refractivity contribution in [1.29, 1.82) is 0 Å². The average Bonchev–Trinajstić information content (AvgIpc) is 3.40. The van der Waals surface area contributed by atoms with Gasteiger partial charge in [-0.1, -0.05) is 24.4 Å². The van der Waals surface area contributed by atoms with Crippen molar-refractivity contribution in [2.75, 3.05) is 25.0 Å². The minimum atomic E-state index is 0.475. The molecule has 1 aromatic carbocycles. The van der Waals surface area contributed by atoms with Crippen LogP contribution in [0, 0.1) is 0 Å². The molecule has 0 bridgehead atoms. The second kappa shape index (κ2) is 7.06. The van der Waals surface area contributed by atoms with Crippen LogP contribution >= 0.6 is 11.6 Å². The van der Waals surface area contributed by atoms with Crippen molar-refractivity contribution in [3.05, 3.63) is 29.4 Å². The number of nitrogens with one attached hydrogen (secondary N) is 2. The Morgan fingerprint density at radius 3 is 2.77 bits per heavy atom. The Bertz CT molecular complexity index is 774. The summed E-state index contributed by atoms with van der Waals surface area (Å²) < 4.78 is 2.52. The third kappa shape index (κ3) is 3.02. The summed E-state index contributed by atoms with van der Waals surface area (Å²) in [5.74, 6) is 0. The minimum absolute atomic E-state index is 0.475. The maximum Gasteiger partial charge on any atom is 0.0868 e. The number of hydrogen-bond donors (Lipinski definition) is 2. The zero-order valence-electron chi connectivity index (χ0n) is 15.4. The zero-order valence-corrected chi connectivity index (χ0v) is 16.1. The SMILES string of the molecule is Clc1cc(NC2CCCC2)c2c(ccn2[C@H]2CCCN2C2CCNC2)c1. The van der Waals surface area contributed by atoms with Gasteiger partial charge in [-0.3, -0.25) is 4.90 Å². The molecule has 3 heterocycles. The Morgan fingerprint density at radius 1 is 1.08 bits per heavy atom. The van der Waals surface area contributed by atoms with Crippen molar-refractivity contribution >= 4 is 28.2 Å². The third-order valence-corrected chi connectivity index (χ3v) is 6.80. The van der Waals surface area contributed by atoms with Crippen LogP contribution < -0.4 is 10.6 Å². The Balaban J connectivity index is 1.52. The average molecular weight is 373 g/mol. The summed E-state index contributed by atoms with van der Waals surface area (Å²) in [6.45, 7) is 3.51. The predicted octanol–water partition coefficient (Wildman–Crippen LogP) is 4.61. The molecule has 1 saturated carbocycles. The second-order valence-electron chi connectivity index (χ2n) is 8.25. The van der Waals surface area contributed by atoms with E-state index in [9.17, 15) is 0 Å². The molecule has 1 aromatic heterocycles. The quantitative estimate of drug-likeness (QED) is 0.822. The first kappa shape index (κ1) is 16.9. The molecule has 4 nitrogen and oxygen atoms in total. The van der Waals surface area contributed by atoms with E-state index in [2.05, 4.69) is 44.5 Å². The van der Waals surface area contributed by atoms with Gasteiger partial charge in [0.1, 0.15) is 0 Å². The normalized spacial score (nSPS) is 27.7. The first-order chi connectivity index (χ1) is 12.8. The molecule has 0 radical (unpaired) electrons. The molecule has 3 aliphatic rings. The zero-order chi connectivity index (χ0) is 17.5. The minimum Gasteiger partial charge on any atom is -0.381 e. The second-order valence-corrected chi connectivity index (χ2v) is 8.68. The third-order valence-electron chi connectivity index (χ3n) is 6.58. The molecule has 2 atom stereocenters. The van der Waals surface area contributed by atoms with Crippen LogP contribution in [-0.2, 0) is 0 Å². The van der Waals surface area contributed by atoms with Gasteiger partial charge in [0.05, 0.1) is 17.4 Å². The van der Waals surface area contributed by atoms with Crippen LogP contribution in [0.15, 0.2) is 24.4 Å². The van der Waals surface area contributed by atoms with E-state index >= 15 is 0 Å². The number of aromatic nitrogens is 1. The van der Waals surface area contributed by atoms with Crippen molar-refractivity contribution in [1.82, 2.24) is 14.8 Å². The number of hydrogen-bond acceptors (Lipinski definition) is 3. The summed E-state index contributed by atoms with van der Waals surface area (Å²) in [6.07, 6.45) is 11.8. The highest BCUT2D eigenvalue weighted by molar-refractivity contribution is 6.31. The van der Waals surface area contributed by atoms with Gasteiger partial charge in [-0.05, 0) is 56.8 Å². The molecule has 2 saturated heterocycles. The lowest BCUT2D eigenvalue weighted by atomic mass is 10.1. The van der Waals surface area contributed by atoms with Crippen LogP contribution in [0.25, 0.3) is 10.9 Å². The Labute approximate surface area is 160 Å². The Kier molecular flexibility index (Phi) is 4.59. The number of benzene rings is 1. The van der Waals surface area contributed by atoms with Gasteiger partial charge in [0.15, 0.2) is 0 Å². The summed E-state index contributed by atoms with van der Waals surface area (Å²) in [6, 6.07) is 7.76. The van der Waals surface area contributed by atoms with E-state index in [1.54, 1.807) is 0 Å². The fourth-order valence-electron chi connectivity index (χ4n) is 5.34. The molecule has 26 heavy (non-hydrogen) atoms. The summed E-state index contributed by atoms with van der Waals surface area (Å²) in [5, 5.41) is 9.45. The van der Waals surface area contributed by atoms with Gasteiger partial charge in [-0.25, -0.2) is 0 Å². The van der Waals surface area contributed by atoms with E-state index in [1.165, 1.54) is 68.1 Å². The van der Waals surface area contributed by atoms with Crippen molar-refractivity contribution in [3.63, 3.8) is 0 Å². The fraction of sp³-hybridized carbons (Fsp3) is 0.619. The summed E-state index contributed by atoms with van der Waals surface area (Å²) in [5.41, 5.74) is 2.56.